The molecule has 0 fully saturated rings. The molecule has 60 valence electrons. The minimum Gasteiger partial charge on any atom is -0.370 e. The summed E-state index contributed by atoms with van der Waals surface area (Å²) in [6, 6.07) is -2.13. The zero-order chi connectivity index (χ0) is 8.36. The van der Waals surface area contributed by atoms with E-state index < -0.39 is 24.5 Å². The van der Waals surface area contributed by atoms with Crippen LogP contribution in [0.25, 0.3) is 0 Å². The molecule has 0 aliphatic heterocycles. The Kier molecular flexibility index (Phi) is 2.65. The summed E-state index contributed by atoms with van der Waals surface area (Å²) in [4.78, 5) is 9.90. The molecule has 10 heavy (non-hydrogen) atoms. The van der Waals surface area contributed by atoms with Crippen molar-refractivity contribution in [3.05, 3.63) is 0 Å². The largest absolute Gasteiger partial charge is 0.404 e. The first-order valence-corrected chi connectivity index (χ1v) is 2.44. The number of hydrogen-bond donors (Lipinski definition) is 2. The molecule has 0 saturated heterocycles. The highest BCUT2D eigenvalue weighted by Crippen LogP contribution is 2.19. The van der Waals surface area contributed by atoms with E-state index in [1.54, 1.807) is 0 Å². The number of amides is 1. The topological polar surface area (TPSA) is 69.1 Å². The minimum absolute atomic E-state index is 0.858. The van der Waals surface area contributed by atoms with Gasteiger partial charge < -0.3 is 11.5 Å². The molecule has 4 N–H and O–H groups in total. The van der Waals surface area contributed by atoms with Crippen LogP contribution in [0.1, 0.15) is 6.42 Å². The molecule has 0 spiro atoms. The van der Waals surface area contributed by atoms with Crippen molar-refractivity contribution in [2.24, 2.45) is 11.5 Å². The number of carbonyl (C=O) groups excluding carboxylic acids is 1. The van der Waals surface area contributed by atoms with E-state index in [1.807, 2.05) is 0 Å². The summed E-state index contributed by atoms with van der Waals surface area (Å²) in [7, 11) is 0. The molecular formula is C4H7F3N2O. The van der Waals surface area contributed by atoms with Crippen molar-refractivity contribution < 1.29 is 18.0 Å². The predicted octanol–water partition coefficient (Wildman–Crippen LogP) is -0.249. The van der Waals surface area contributed by atoms with E-state index in [4.69, 9.17) is 0 Å². The monoisotopic (exact) mass is 156 g/mol. The van der Waals surface area contributed by atoms with Gasteiger partial charge in [0.25, 0.3) is 0 Å². The van der Waals surface area contributed by atoms with Gasteiger partial charge in [0, 0.05) is 0 Å². The fraction of sp³-hybridized carbons (Fsp3) is 0.750. The summed E-state index contributed by atoms with van der Waals surface area (Å²) in [6.07, 6.45) is -5.39. The van der Waals surface area contributed by atoms with Gasteiger partial charge in [-0.05, 0) is 0 Å². The smallest absolute Gasteiger partial charge is 0.370 e. The van der Waals surface area contributed by atoms with Crippen LogP contribution in [-0.4, -0.2) is 18.1 Å². The lowest BCUT2D eigenvalue weighted by Gasteiger charge is -2.12. The fourth-order valence-electron chi connectivity index (χ4n) is 0.332. The Morgan fingerprint density at radius 1 is 1.50 bits per heavy atom. The van der Waals surface area contributed by atoms with Crippen molar-refractivity contribution in [1.29, 1.82) is 0 Å². The Morgan fingerprint density at radius 2 is 1.90 bits per heavy atom. The summed E-state index contributed by atoms with van der Waals surface area (Å²) in [5.74, 6) is -1.05. The molecule has 1 unspecified atom stereocenters. The molecular weight excluding hydrogens is 149 g/mol. The highest BCUT2D eigenvalue weighted by molar-refractivity contribution is 5.74. The lowest BCUT2D eigenvalue weighted by Crippen LogP contribution is -2.40. The standard InChI is InChI=1S/C4H7F3N2O/c5-4(6,7)2(8)1-3(9)10/h2H,1,8H2,(H2,9,10). The molecule has 6 heteroatoms. The maximum absolute atomic E-state index is 11.5. The minimum atomic E-state index is -4.53. The number of halogens is 3. The molecule has 0 aromatic rings. The van der Waals surface area contributed by atoms with Gasteiger partial charge in [0.1, 0.15) is 6.04 Å². The number of nitrogens with two attached hydrogens (primary N) is 2. The van der Waals surface area contributed by atoms with Gasteiger partial charge in [0.05, 0.1) is 6.42 Å². The molecule has 0 radical (unpaired) electrons. The second-order valence-corrected chi connectivity index (χ2v) is 1.82. The molecule has 0 aliphatic carbocycles. The normalized spacial score (nSPS) is 14.8. The molecule has 0 aromatic heterocycles. The van der Waals surface area contributed by atoms with Gasteiger partial charge in [-0.2, -0.15) is 13.2 Å². The molecule has 0 rings (SSSR count). The number of rotatable bonds is 2. The summed E-state index contributed by atoms with van der Waals surface area (Å²) in [5.41, 5.74) is 9.00. The van der Waals surface area contributed by atoms with Crippen molar-refractivity contribution in [3.63, 3.8) is 0 Å². The molecule has 0 aliphatic rings. The molecule has 0 saturated carbocycles. The highest BCUT2D eigenvalue weighted by Gasteiger charge is 2.37. The maximum atomic E-state index is 11.5. The van der Waals surface area contributed by atoms with Crippen LogP contribution in [0.2, 0.25) is 0 Å². The van der Waals surface area contributed by atoms with Crippen molar-refractivity contribution in [2.45, 2.75) is 18.6 Å². The van der Waals surface area contributed by atoms with E-state index in [0.717, 1.165) is 0 Å². The maximum Gasteiger partial charge on any atom is 0.404 e. The Labute approximate surface area is 55.2 Å². The average molecular weight is 156 g/mol. The van der Waals surface area contributed by atoms with E-state index >= 15 is 0 Å². The quantitative estimate of drug-likeness (QED) is 0.578. The molecule has 3 nitrogen and oxygen atoms in total. The first kappa shape index (κ1) is 9.22. The summed E-state index contributed by atoms with van der Waals surface area (Å²) < 4.78 is 34.4. The van der Waals surface area contributed by atoms with E-state index in [-0.39, 0.29) is 0 Å². The third kappa shape index (κ3) is 3.29. The third-order valence-electron chi connectivity index (χ3n) is 0.842. The lowest BCUT2D eigenvalue weighted by molar-refractivity contribution is -0.153. The molecule has 0 heterocycles. The molecule has 0 aromatic carbocycles. The SMILES string of the molecule is NC(=O)CC(N)C(F)(F)F. The lowest BCUT2D eigenvalue weighted by atomic mass is 10.2. The van der Waals surface area contributed by atoms with Crippen LogP contribution in [0.3, 0.4) is 0 Å². The van der Waals surface area contributed by atoms with Crippen molar-refractivity contribution in [2.75, 3.05) is 0 Å². The Bertz CT molecular complexity index is 133. The zero-order valence-electron chi connectivity index (χ0n) is 4.98. The van der Waals surface area contributed by atoms with E-state index in [1.165, 1.54) is 0 Å². The number of primary amides is 1. The zero-order valence-corrected chi connectivity index (χ0v) is 4.98. The van der Waals surface area contributed by atoms with Gasteiger partial charge in [-0.1, -0.05) is 0 Å². The van der Waals surface area contributed by atoms with E-state index in [9.17, 15) is 18.0 Å². The second-order valence-electron chi connectivity index (χ2n) is 1.82. The predicted molar refractivity (Wildman–Crippen MR) is 27.8 cm³/mol. The molecule has 1 atom stereocenters. The fourth-order valence-corrected chi connectivity index (χ4v) is 0.332. The Morgan fingerprint density at radius 3 is 2.00 bits per heavy atom. The van der Waals surface area contributed by atoms with Crippen molar-refractivity contribution in [1.82, 2.24) is 0 Å². The summed E-state index contributed by atoms with van der Waals surface area (Å²) >= 11 is 0. The van der Waals surface area contributed by atoms with Crippen LogP contribution >= 0.6 is 0 Å². The van der Waals surface area contributed by atoms with Gasteiger partial charge in [-0.3, -0.25) is 4.79 Å². The van der Waals surface area contributed by atoms with Crippen LogP contribution in [-0.2, 0) is 4.79 Å². The summed E-state index contributed by atoms with van der Waals surface area (Å²) in [5, 5.41) is 0. The number of carbonyl (C=O) groups is 1. The Hall–Kier alpha value is -0.780. The van der Waals surface area contributed by atoms with Crippen LogP contribution < -0.4 is 11.5 Å². The van der Waals surface area contributed by atoms with E-state index in [0.29, 0.717) is 0 Å². The van der Waals surface area contributed by atoms with Gasteiger partial charge >= 0.3 is 6.18 Å². The number of hydrogen-bond acceptors (Lipinski definition) is 2. The summed E-state index contributed by atoms with van der Waals surface area (Å²) in [6.45, 7) is 0. The van der Waals surface area contributed by atoms with Gasteiger partial charge in [-0.25, -0.2) is 0 Å². The van der Waals surface area contributed by atoms with Gasteiger partial charge in [0.2, 0.25) is 5.91 Å². The first-order chi connectivity index (χ1) is 4.34. The first-order valence-electron chi connectivity index (χ1n) is 2.44. The van der Waals surface area contributed by atoms with Crippen LogP contribution in [0.4, 0.5) is 13.2 Å². The van der Waals surface area contributed by atoms with Crippen molar-refractivity contribution >= 4 is 5.91 Å². The number of alkyl halides is 3. The highest BCUT2D eigenvalue weighted by atomic mass is 19.4. The van der Waals surface area contributed by atoms with E-state index in [2.05, 4.69) is 11.5 Å². The third-order valence-corrected chi connectivity index (χ3v) is 0.842. The van der Waals surface area contributed by atoms with Crippen LogP contribution in [0.5, 0.6) is 0 Å². The molecule has 1 amide bonds. The van der Waals surface area contributed by atoms with Crippen molar-refractivity contribution in [3.8, 4) is 0 Å². The molecule has 0 bridgehead atoms. The average Bonchev–Trinajstić information content (AvgIpc) is 1.60. The van der Waals surface area contributed by atoms with Crippen LogP contribution in [0.15, 0.2) is 0 Å². The Balaban J connectivity index is 3.85. The van der Waals surface area contributed by atoms with Gasteiger partial charge in [0.15, 0.2) is 0 Å². The van der Waals surface area contributed by atoms with Crippen LogP contribution in [0, 0.1) is 0 Å². The second kappa shape index (κ2) is 2.87. The van der Waals surface area contributed by atoms with Gasteiger partial charge in [-0.15, -0.1) is 0 Å².